The van der Waals surface area contributed by atoms with Crippen LogP contribution in [0, 0.1) is 13.8 Å². The van der Waals surface area contributed by atoms with Crippen molar-refractivity contribution < 1.29 is 9.90 Å². The molecule has 0 atom stereocenters. The van der Waals surface area contributed by atoms with E-state index in [1.54, 1.807) is 18.4 Å². The Morgan fingerprint density at radius 2 is 1.94 bits per heavy atom. The molecule has 0 aromatic carbocycles. The van der Waals surface area contributed by atoms with Gasteiger partial charge in [0, 0.05) is 22.5 Å². The summed E-state index contributed by atoms with van der Waals surface area (Å²) in [7, 11) is 0. The van der Waals surface area contributed by atoms with E-state index in [1.807, 2.05) is 20.8 Å². The first-order valence-corrected chi connectivity index (χ1v) is 6.02. The zero-order chi connectivity index (χ0) is 14.1. The third-order valence-corrected chi connectivity index (χ3v) is 3.46. The van der Waals surface area contributed by atoms with Crippen LogP contribution in [0.3, 0.4) is 0 Å². The molecule has 0 spiro atoms. The first-order valence-electron chi connectivity index (χ1n) is 6.02. The molecule has 1 N–H and O–H groups in total. The van der Waals surface area contributed by atoms with Gasteiger partial charge in [-0.1, -0.05) is 6.92 Å². The summed E-state index contributed by atoms with van der Waals surface area (Å²) in [6, 6.07) is 0. The van der Waals surface area contributed by atoms with Crippen molar-refractivity contribution in [3.63, 3.8) is 0 Å². The van der Waals surface area contributed by atoms with E-state index in [0.29, 0.717) is 17.0 Å². The van der Waals surface area contributed by atoms with Gasteiger partial charge in [0.15, 0.2) is 0 Å². The second-order valence-electron chi connectivity index (χ2n) is 5.12. The van der Waals surface area contributed by atoms with Gasteiger partial charge < -0.3 is 5.11 Å². The van der Waals surface area contributed by atoms with Gasteiger partial charge >= 0.3 is 11.7 Å². The van der Waals surface area contributed by atoms with Gasteiger partial charge in [-0.25, -0.2) is 4.79 Å². The van der Waals surface area contributed by atoms with Crippen molar-refractivity contribution >= 4 is 5.97 Å². The first kappa shape index (κ1) is 14.4. The molecule has 1 rings (SSSR count). The van der Waals surface area contributed by atoms with Crippen LogP contribution in [-0.4, -0.2) is 20.6 Å². The highest BCUT2D eigenvalue weighted by Gasteiger charge is 2.24. The molecule has 18 heavy (non-hydrogen) atoms. The largest absolute Gasteiger partial charge is 0.481 e. The summed E-state index contributed by atoms with van der Waals surface area (Å²) in [5.74, 6) is -0.914. The van der Waals surface area contributed by atoms with Gasteiger partial charge in [-0.15, -0.1) is 0 Å². The lowest BCUT2D eigenvalue weighted by molar-refractivity contribution is -0.136. The van der Waals surface area contributed by atoms with Gasteiger partial charge in [-0.05, 0) is 34.1 Å². The Morgan fingerprint density at radius 3 is 2.39 bits per heavy atom. The molecule has 1 aromatic heterocycles. The van der Waals surface area contributed by atoms with Crippen molar-refractivity contribution in [2.24, 2.45) is 0 Å². The van der Waals surface area contributed by atoms with Crippen molar-refractivity contribution in [2.75, 3.05) is 0 Å². The summed E-state index contributed by atoms with van der Waals surface area (Å²) in [6.45, 7) is 9.34. The normalized spacial score (nSPS) is 11.6. The van der Waals surface area contributed by atoms with Gasteiger partial charge in [0.05, 0.1) is 6.42 Å². The molecule has 1 heterocycles. The number of carboxylic acids is 1. The molecule has 1 aromatic rings. The van der Waals surface area contributed by atoms with Crippen molar-refractivity contribution in [1.82, 2.24) is 9.55 Å². The number of hydrogen-bond donors (Lipinski definition) is 1. The van der Waals surface area contributed by atoms with E-state index in [1.165, 1.54) is 0 Å². The molecule has 5 nitrogen and oxygen atoms in total. The Morgan fingerprint density at radius 1 is 1.39 bits per heavy atom. The minimum Gasteiger partial charge on any atom is -0.481 e. The van der Waals surface area contributed by atoms with Crippen molar-refractivity contribution in [1.29, 1.82) is 0 Å². The molecule has 0 unspecified atom stereocenters. The van der Waals surface area contributed by atoms with E-state index >= 15 is 0 Å². The Hall–Kier alpha value is -1.65. The monoisotopic (exact) mass is 252 g/mol. The average molecular weight is 252 g/mol. The SMILES string of the molecule is CCC(C)(C)n1c(C)c(CC(=O)O)c(C)nc1=O. The number of carboxylic acid groups (broad SMARTS) is 1. The Kier molecular flexibility index (Phi) is 3.94. The molecule has 0 saturated carbocycles. The lowest BCUT2D eigenvalue weighted by Crippen LogP contribution is -2.40. The lowest BCUT2D eigenvalue weighted by atomic mass is 9.99. The fraction of sp³-hybridized carbons (Fsp3) is 0.615. The number of aromatic nitrogens is 2. The van der Waals surface area contributed by atoms with Crippen LogP contribution in [0.25, 0.3) is 0 Å². The number of hydrogen-bond acceptors (Lipinski definition) is 3. The standard InChI is InChI=1S/C13H20N2O3/c1-6-13(4,5)15-9(3)10(7-11(16)17)8(2)14-12(15)18/h6-7H2,1-5H3,(H,16,17). The van der Waals surface area contributed by atoms with E-state index < -0.39 is 5.97 Å². The average Bonchev–Trinajstić information content (AvgIpc) is 2.23. The molecule has 0 amide bonds. The van der Waals surface area contributed by atoms with Gasteiger partial charge in [0.1, 0.15) is 0 Å². The highest BCUT2D eigenvalue weighted by atomic mass is 16.4. The van der Waals surface area contributed by atoms with E-state index in [4.69, 9.17) is 5.11 Å². The smallest absolute Gasteiger partial charge is 0.348 e. The molecule has 0 bridgehead atoms. The predicted molar refractivity (Wildman–Crippen MR) is 68.9 cm³/mol. The van der Waals surface area contributed by atoms with Crippen LogP contribution in [0.4, 0.5) is 0 Å². The van der Waals surface area contributed by atoms with Gasteiger partial charge in [0.2, 0.25) is 0 Å². The van der Waals surface area contributed by atoms with E-state index in [9.17, 15) is 9.59 Å². The fourth-order valence-corrected chi connectivity index (χ4v) is 2.08. The van der Waals surface area contributed by atoms with Crippen molar-refractivity contribution in [2.45, 2.75) is 53.0 Å². The fourth-order valence-electron chi connectivity index (χ4n) is 2.08. The summed E-state index contributed by atoms with van der Waals surface area (Å²) >= 11 is 0. The molecule has 0 aliphatic rings. The molecule has 100 valence electrons. The summed E-state index contributed by atoms with van der Waals surface area (Å²) in [5.41, 5.74) is 1.15. The van der Waals surface area contributed by atoms with Crippen LogP contribution < -0.4 is 5.69 Å². The predicted octanol–water partition coefficient (Wildman–Crippen LogP) is 1.63. The topological polar surface area (TPSA) is 72.2 Å². The molecular weight excluding hydrogens is 232 g/mol. The highest BCUT2D eigenvalue weighted by molar-refractivity contribution is 5.70. The third kappa shape index (κ3) is 2.60. The van der Waals surface area contributed by atoms with E-state index in [0.717, 1.165) is 6.42 Å². The van der Waals surface area contributed by atoms with E-state index in [2.05, 4.69) is 4.98 Å². The lowest BCUT2D eigenvalue weighted by Gasteiger charge is -2.29. The molecular formula is C13H20N2O3. The maximum absolute atomic E-state index is 12.0. The van der Waals surface area contributed by atoms with Crippen LogP contribution >= 0.6 is 0 Å². The number of aryl methyl sites for hydroxylation is 1. The first-order chi connectivity index (χ1) is 8.20. The Bertz CT molecular complexity index is 530. The van der Waals surface area contributed by atoms with Crippen LogP contribution in [0.1, 0.15) is 44.1 Å². The van der Waals surface area contributed by atoms with Gasteiger partial charge in [0.25, 0.3) is 0 Å². The Balaban J connectivity index is 3.55. The maximum Gasteiger partial charge on any atom is 0.348 e. The van der Waals surface area contributed by atoms with Crippen molar-refractivity contribution in [3.8, 4) is 0 Å². The molecule has 0 radical (unpaired) electrons. The van der Waals surface area contributed by atoms with Crippen LogP contribution in [-0.2, 0) is 16.8 Å². The van der Waals surface area contributed by atoms with E-state index in [-0.39, 0.29) is 17.6 Å². The van der Waals surface area contributed by atoms with Crippen LogP contribution in [0.15, 0.2) is 4.79 Å². The maximum atomic E-state index is 12.0. The summed E-state index contributed by atoms with van der Waals surface area (Å²) in [4.78, 5) is 26.8. The quantitative estimate of drug-likeness (QED) is 0.884. The number of aliphatic carboxylic acids is 1. The number of rotatable bonds is 4. The molecule has 5 heteroatoms. The molecule has 0 fully saturated rings. The third-order valence-electron chi connectivity index (χ3n) is 3.46. The Labute approximate surface area is 106 Å². The van der Waals surface area contributed by atoms with Gasteiger partial charge in [-0.2, -0.15) is 4.98 Å². The second-order valence-corrected chi connectivity index (χ2v) is 5.12. The molecule has 0 aliphatic heterocycles. The highest BCUT2D eigenvalue weighted by Crippen LogP contribution is 2.21. The minimum atomic E-state index is -0.914. The zero-order valence-electron chi connectivity index (χ0n) is 11.6. The molecule has 0 saturated heterocycles. The number of nitrogens with zero attached hydrogens (tertiary/aromatic N) is 2. The zero-order valence-corrected chi connectivity index (χ0v) is 11.6. The summed E-state index contributed by atoms with van der Waals surface area (Å²) in [5, 5.41) is 8.92. The minimum absolute atomic E-state index is 0.106. The van der Waals surface area contributed by atoms with Crippen LogP contribution in [0.5, 0.6) is 0 Å². The summed E-state index contributed by atoms with van der Waals surface area (Å²) < 4.78 is 1.60. The molecule has 0 aliphatic carbocycles. The summed E-state index contributed by atoms with van der Waals surface area (Å²) in [6.07, 6.45) is 0.662. The second kappa shape index (κ2) is 4.92. The van der Waals surface area contributed by atoms with Crippen LogP contribution in [0.2, 0.25) is 0 Å². The van der Waals surface area contributed by atoms with Crippen molar-refractivity contribution in [3.05, 3.63) is 27.4 Å². The van der Waals surface area contributed by atoms with Gasteiger partial charge in [-0.3, -0.25) is 9.36 Å². The number of carbonyl (C=O) groups is 1.